The van der Waals surface area contributed by atoms with Crippen molar-refractivity contribution in [2.24, 2.45) is 7.05 Å². The summed E-state index contributed by atoms with van der Waals surface area (Å²) < 4.78 is 7.10. The Bertz CT molecular complexity index is 797. The van der Waals surface area contributed by atoms with Crippen LogP contribution in [0.25, 0.3) is 0 Å². The molecule has 1 aliphatic rings. The zero-order valence-corrected chi connectivity index (χ0v) is 14.7. The lowest BCUT2D eigenvalue weighted by molar-refractivity contribution is -0.129. The van der Waals surface area contributed by atoms with E-state index in [-0.39, 0.29) is 11.8 Å². The first-order chi connectivity index (χ1) is 12.0. The lowest BCUT2D eigenvalue weighted by atomic mass is 10.1. The molecule has 1 aromatic carbocycles. The van der Waals surface area contributed by atoms with Gasteiger partial charge in [0.05, 0.1) is 24.1 Å². The summed E-state index contributed by atoms with van der Waals surface area (Å²) in [6.45, 7) is 2.47. The van der Waals surface area contributed by atoms with Gasteiger partial charge >= 0.3 is 0 Å². The van der Waals surface area contributed by atoms with Gasteiger partial charge in [0.15, 0.2) is 0 Å². The molecule has 1 aromatic heterocycles. The summed E-state index contributed by atoms with van der Waals surface area (Å²) >= 11 is 0. The molecule has 0 spiro atoms. The zero-order chi connectivity index (χ0) is 18.0. The zero-order valence-electron chi connectivity index (χ0n) is 14.7. The Morgan fingerprint density at radius 1 is 1.24 bits per heavy atom. The van der Waals surface area contributed by atoms with Crippen LogP contribution in [0.2, 0.25) is 0 Å². The number of hydrogen-bond donors (Lipinski definition) is 1. The van der Waals surface area contributed by atoms with E-state index in [1.165, 1.54) is 4.90 Å². The number of carbonyl (C=O) groups excluding carboxylic acids is 2. The number of aryl methyl sites for hydroxylation is 2. The van der Waals surface area contributed by atoms with Crippen molar-refractivity contribution in [3.05, 3.63) is 35.5 Å². The second-order valence-corrected chi connectivity index (χ2v) is 6.08. The van der Waals surface area contributed by atoms with E-state index in [0.29, 0.717) is 37.4 Å². The van der Waals surface area contributed by atoms with Gasteiger partial charge in [-0.05, 0) is 31.5 Å². The first-order valence-corrected chi connectivity index (χ1v) is 8.27. The first-order valence-electron chi connectivity index (χ1n) is 8.27. The summed E-state index contributed by atoms with van der Waals surface area (Å²) in [5.74, 6) is 0.430. The standard InChI is InChI=1S/C18H22N4O3/c1-12-15(18(25-3)21(2)20-12)11-19-13-6-4-7-14(10-13)22-16(23)8-5-9-17(22)24/h4,6-7,10,19H,5,8-9,11H2,1-3H3. The molecule has 0 bridgehead atoms. The van der Waals surface area contributed by atoms with Crippen LogP contribution >= 0.6 is 0 Å². The molecule has 0 aliphatic carbocycles. The van der Waals surface area contributed by atoms with Crippen molar-refractivity contribution < 1.29 is 14.3 Å². The lowest BCUT2D eigenvalue weighted by Gasteiger charge is -2.25. The molecule has 1 N–H and O–H groups in total. The number of methoxy groups -OCH3 is 1. The van der Waals surface area contributed by atoms with Gasteiger partial charge in [0.25, 0.3) is 0 Å². The predicted octanol–water partition coefficient (Wildman–Crippen LogP) is 2.39. The predicted molar refractivity (Wildman–Crippen MR) is 94.6 cm³/mol. The average molecular weight is 342 g/mol. The SMILES string of the molecule is COc1c(CNc2cccc(N3C(=O)CCCC3=O)c2)c(C)nn1C. The van der Waals surface area contributed by atoms with Crippen LogP contribution in [0.1, 0.15) is 30.5 Å². The molecule has 3 rings (SSSR count). The highest BCUT2D eigenvalue weighted by molar-refractivity contribution is 6.16. The molecule has 132 valence electrons. The largest absolute Gasteiger partial charge is 0.481 e. The third-order valence-corrected chi connectivity index (χ3v) is 4.34. The molecule has 1 fully saturated rings. The summed E-state index contributed by atoms with van der Waals surface area (Å²) in [4.78, 5) is 25.5. The van der Waals surface area contributed by atoms with Crippen molar-refractivity contribution in [2.75, 3.05) is 17.3 Å². The van der Waals surface area contributed by atoms with E-state index in [9.17, 15) is 9.59 Å². The van der Waals surface area contributed by atoms with Crippen molar-refractivity contribution >= 4 is 23.2 Å². The fraction of sp³-hybridized carbons (Fsp3) is 0.389. The third kappa shape index (κ3) is 3.35. The number of ether oxygens (including phenoxy) is 1. The number of benzene rings is 1. The lowest BCUT2D eigenvalue weighted by Crippen LogP contribution is -2.40. The highest BCUT2D eigenvalue weighted by Gasteiger charge is 2.27. The van der Waals surface area contributed by atoms with Crippen LogP contribution in [-0.2, 0) is 23.2 Å². The topological polar surface area (TPSA) is 76.5 Å². The van der Waals surface area contributed by atoms with Gasteiger partial charge in [-0.3, -0.25) is 14.5 Å². The molecule has 2 amide bonds. The number of piperidine rings is 1. The molecule has 2 heterocycles. The van der Waals surface area contributed by atoms with Crippen molar-refractivity contribution in [2.45, 2.75) is 32.7 Å². The minimum atomic E-state index is -0.141. The third-order valence-electron chi connectivity index (χ3n) is 4.34. The molecule has 25 heavy (non-hydrogen) atoms. The normalized spacial score (nSPS) is 14.8. The Balaban J connectivity index is 1.79. The van der Waals surface area contributed by atoms with Crippen LogP contribution in [-0.4, -0.2) is 28.7 Å². The molecule has 7 heteroatoms. The van der Waals surface area contributed by atoms with Crippen LogP contribution in [0.5, 0.6) is 5.88 Å². The number of nitrogens with zero attached hydrogens (tertiary/aromatic N) is 3. The monoisotopic (exact) mass is 342 g/mol. The molecule has 0 radical (unpaired) electrons. The van der Waals surface area contributed by atoms with E-state index in [4.69, 9.17) is 4.74 Å². The van der Waals surface area contributed by atoms with E-state index < -0.39 is 0 Å². The quantitative estimate of drug-likeness (QED) is 0.845. The Kier molecular flexibility index (Phi) is 4.74. The van der Waals surface area contributed by atoms with Crippen molar-refractivity contribution in [3.8, 4) is 5.88 Å². The van der Waals surface area contributed by atoms with E-state index in [1.807, 2.05) is 32.2 Å². The maximum absolute atomic E-state index is 12.1. The maximum Gasteiger partial charge on any atom is 0.233 e. The van der Waals surface area contributed by atoms with Crippen LogP contribution < -0.4 is 15.0 Å². The van der Waals surface area contributed by atoms with Gasteiger partial charge in [-0.15, -0.1) is 0 Å². The molecule has 1 saturated heterocycles. The van der Waals surface area contributed by atoms with Crippen molar-refractivity contribution in [1.82, 2.24) is 9.78 Å². The van der Waals surface area contributed by atoms with Crippen molar-refractivity contribution in [1.29, 1.82) is 0 Å². The first kappa shape index (κ1) is 17.0. The minimum Gasteiger partial charge on any atom is -0.481 e. The van der Waals surface area contributed by atoms with E-state index >= 15 is 0 Å². The highest BCUT2D eigenvalue weighted by Crippen LogP contribution is 2.26. The van der Waals surface area contributed by atoms with Crippen LogP contribution in [0, 0.1) is 6.92 Å². The minimum absolute atomic E-state index is 0.141. The second-order valence-electron chi connectivity index (χ2n) is 6.08. The van der Waals surface area contributed by atoms with Gasteiger partial charge in [0.2, 0.25) is 17.7 Å². The number of rotatable bonds is 5. The number of carbonyl (C=O) groups is 2. The summed E-state index contributed by atoms with van der Waals surface area (Å²) in [6, 6.07) is 7.34. The van der Waals surface area contributed by atoms with Gasteiger partial charge in [0, 0.05) is 32.1 Å². The number of imide groups is 1. The van der Waals surface area contributed by atoms with Crippen LogP contribution in [0.15, 0.2) is 24.3 Å². The molecular weight excluding hydrogens is 320 g/mol. The van der Waals surface area contributed by atoms with Gasteiger partial charge in [0.1, 0.15) is 0 Å². The van der Waals surface area contributed by atoms with E-state index in [2.05, 4.69) is 10.4 Å². The Morgan fingerprint density at radius 3 is 2.64 bits per heavy atom. The number of aromatic nitrogens is 2. The highest BCUT2D eigenvalue weighted by atomic mass is 16.5. The van der Waals surface area contributed by atoms with Gasteiger partial charge in [-0.2, -0.15) is 5.10 Å². The fourth-order valence-corrected chi connectivity index (χ4v) is 3.13. The number of hydrogen-bond acceptors (Lipinski definition) is 5. The summed E-state index contributed by atoms with van der Waals surface area (Å²) in [5.41, 5.74) is 3.30. The Morgan fingerprint density at radius 2 is 1.96 bits per heavy atom. The van der Waals surface area contributed by atoms with Gasteiger partial charge < -0.3 is 10.1 Å². The maximum atomic E-state index is 12.1. The molecule has 0 unspecified atom stereocenters. The molecule has 7 nitrogen and oxygen atoms in total. The molecular formula is C18H22N4O3. The summed E-state index contributed by atoms with van der Waals surface area (Å²) in [6.07, 6.45) is 1.46. The smallest absolute Gasteiger partial charge is 0.233 e. The van der Waals surface area contributed by atoms with Gasteiger partial charge in [-0.25, -0.2) is 4.68 Å². The molecule has 2 aromatic rings. The van der Waals surface area contributed by atoms with E-state index in [1.54, 1.807) is 17.9 Å². The Hall–Kier alpha value is -2.83. The summed E-state index contributed by atoms with van der Waals surface area (Å²) in [7, 11) is 3.46. The van der Waals surface area contributed by atoms with Crippen LogP contribution in [0.4, 0.5) is 11.4 Å². The fourth-order valence-electron chi connectivity index (χ4n) is 3.13. The average Bonchev–Trinajstić information content (AvgIpc) is 2.86. The van der Waals surface area contributed by atoms with Gasteiger partial charge in [-0.1, -0.05) is 6.07 Å². The number of amides is 2. The van der Waals surface area contributed by atoms with Crippen LogP contribution in [0.3, 0.4) is 0 Å². The molecule has 0 saturated carbocycles. The van der Waals surface area contributed by atoms with Crippen molar-refractivity contribution in [3.63, 3.8) is 0 Å². The molecule has 0 atom stereocenters. The number of anilines is 2. The second kappa shape index (κ2) is 6.96. The Labute approximate surface area is 146 Å². The molecule has 1 aliphatic heterocycles. The number of nitrogens with one attached hydrogen (secondary N) is 1. The summed E-state index contributed by atoms with van der Waals surface area (Å²) in [5, 5.41) is 7.68. The van der Waals surface area contributed by atoms with E-state index in [0.717, 1.165) is 16.9 Å².